The van der Waals surface area contributed by atoms with E-state index in [1.807, 2.05) is 0 Å². The molecule has 0 saturated heterocycles. The van der Waals surface area contributed by atoms with Crippen LogP contribution in [0.1, 0.15) is 27.2 Å². The maximum absolute atomic E-state index is 13.3. The number of carbonyl (C=O) groups is 1. The minimum atomic E-state index is -4.83. The Morgan fingerprint density at radius 3 is 2.45 bits per heavy atom. The highest BCUT2D eigenvalue weighted by molar-refractivity contribution is 6.06. The van der Waals surface area contributed by atoms with E-state index in [-0.39, 0.29) is 17.3 Å². The van der Waals surface area contributed by atoms with Gasteiger partial charge in [0, 0.05) is 11.8 Å². The van der Waals surface area contributed by atoms with Gasteiger partial charge in [0.25, 0.3) is 11.8 Å². The number of amides is 1. The number of ether oxygens (including phenoxy) is 2. The van der Waals surface area contributed by atoms with E-state index >= 15 is 0 Å². The third-order valence-electron chi connectivity index (χ3n) is 4.24. The first-order valence-electron chi connectivity index (χ1n) is 8.80. The van der Waals surface area contributed by atoms with Crippen LogP contribution in [0.3, 0.4) is 0 Å². The van der Waals surface area contributed by atoms with Crippen LogP contribution in [0.25, 0.3) is 0 Å². The normalized spacial score (nSPS) is 11.2. The number of nitrogens with zero attached hydrogens (tertiary/aromatic N) is 3. The summed E-state index contributed by atoms with van der Waals surface area (Å²) in [6, 6.07) is 5.53. The van der Waals surface area contributed by atoms with Gasteiger partial charge in [0.15, 0.2) is 5.69 Å². The SMILES string of the molecule is COc1nccc(NC(=O)c2cc(C(F)(F)F)nnc2Oc2ccc(F)cc2C)c1C. The number of nitrogens with one attached hydrogen (secondary N) is 1. The number of halogens is 4. The van der Waals surface area contributed by atoms with E-state index in [2.05, 4.69) is 20.5 Å². The van der Waals surface area contributed by atoms with Gasteiger partial charge in [-0.1, -0.05) is 0 Å². The van der Waals surface area contributed by atoms with Gasteiger partial charge in [-0.2, -0.15) is 13.2 Å². The van der Waals surface area contributed by atoms with Crippen molar-refractivity contribution in [3.63, 3.8) is 0 Å². The summed E-state index contributed by atoms with van der Waals surface area (Å²) in [7, 11) is 1.39. The zero-order valence-electron chi connectivity index (χ0n) is 16.5. The molecule has 0 bridgehead atoms. The maximum Gasteiger partial charge on any atom is 0.435 e. The summed E-state index contributed by atoms with van der Waals surface area (Å²) in [5.74, 6) is -1.58. The van der Waals surface area contributed by atoms with Crippen LogP contribution in [0.2, 0.25) is 0 Å². The molecule has 162 valence electrons. The number of rotatable bonds is 5. The van der Waals surface area contributed by atoms with Crippen LogP contribution in [0.5, 0.6) is 17.5 Å². The van der Waals surface area contributed by atoms with Crippen LogP contribution in [-0.2, 0) is 6.18 Å². The summed E-state index contributed by atoms with van der Waals surface area (Å²) < 4.78 is 63.3. The van der Waals surface area contributed by atoms with Crippen molar-refractivity contribution in [2.45, 2.75) is 20.0 Å². The zero-order valence-corrected chi connectivity index (χ0v) is 16.5. The monoisotopic (exact) mass is 436 g/mol. The summed E-state index contributed by atoms with van der Waals surface area (Å²) in [5.41, 5.74) is -0.798. The highest BCUT2D eigenvalue weighted by Crippen LogP contribution is 2.32. The van der Waals surface area contributed by atoms with Crippen LogP contribution in [0.15, 0.2) is 36.5 Å². The lowest BCUT2D eigenvalue weighted by Crippen LogP contribution is -2.18. The standard InChI is InChI=1S/C20H16F4N4O3/c1-10-8-12(21)4-5-15(10)31-19-13(9-16(27-28-19)20(22,23)24)17(29)26-14-6-7-25-18(30-3)11(14)2/h4-9H,1-3H3,(H,25,26,29). The maximum atomic E-state index is 13.3. The topological polar surface area (TPSA) is 86.2 Å². The molecule has 2 aromatic heterocycles. The Balaban J connectivity index is 2.02. The zero-order chi connectivity index (χ0) is 22.8. The average Bonchev–Trinajstić information content (AvgIpc) is 2.71. The molecular weight excluding hydrogens is 420 g/mol. The van der Waals surface area contributed by atoms with E-state index in [4.69, 9.17) is 9.47 Å². The fraction of sp³-hybridized carbons (Fsp3) is 0.200. The van der Waals surface area contributed by atoms with Gasteiger partial charge in [-0.3, -0.25) is 4.79 Å². The Kier molecular flexibility index (Phi) is 6.04. The molecular formula is C20H16F4N4O3. The summed E-state index contributed by atoms with van der Waals surface area (Å²) in [4.78, 5) is 16.8. The Morgan fingerprint density at radius 2 is 1.81 bits per heavy atom. The van der Waals surface area contributed by atoms with Crippen molar-refractivity contribution in [1.29, 1.82) is 0 Å². The number of methoxy groups -OCH3 is 1. The molecule has 0 aliphatic rings. The van der Waals surface area contributed by atoms with Gasteiger partial charge in [0.2, 0.25) is 5.88 Å². The molecule has 1 amide bonds. The molecule has 3 rings (SSSR count). The third-order valence-corrected chi connectivity index (χ3v) is 4.24. The van der Waals surface area contributed by atoms with Crippen molar-refractivity contribution in [3.05, 3.63) is 64.7 Å². The molecule has 7 nitrogen and oxygen atoms in total. The number of aromatic nitrogens is 3. The molecule has 0 aliphatic carbocycles. The molecule has 1 aromatic carbocycles. The highest BCUT2D eigenvalue weighted by atomic mass is 19.4. The first kappa shape index (κ1) is 21.9. The van der Waals surface area contributed by atoms with Crippen molar-refractivity contribution in [1.82, 2.24) is 15.2 Å². The van der Waals surface area contributed by atoms with Crippen LogP contribution in [0.4, 0.5) is 23.2 Å². The lowest BCUT2D eigenvalue weighted by atomic mass is 10.2. The van der Waals surface area contributed by atoms with Crippen molar-refractivity contribution in [3.8, 4) is 17.5 Å². The molecule has 2 heterocycles. The number of hydrogen-bond acceptors (Lipinski definition) is 6. The number of carbonyl (C=O) groups excluding carboxylic acids is 1. The lowest BCUT2D eigenvalue weighted by Gasteiger charge is -2.15. The van der Waals surface area contributed by atoms with Crippen LogP contribution in [-0.4, -0.2) is 28.2 Å². The Hall–Kier alpha value is -3.76. The van der Waals surface area contributed by atoms with Gasteiger partial charge in [-0.15, -0.1) is 10.2 Å². The minimum absolute atomic E-state index is 0.103. The second-order valence-corrected chi connectivity index (χ2v) is 6.40. The number of hydrogen-bond donors (Lipinski definition) is 1. The first-order valence-corrected chi connectivity index (χ1v) is 8.80. The van der Waals surface area contributed by atoms with E-state index in [0.29, 0.717) is 17.2 Å². The molecule has 0 radical (unpaired) electrons. The number of alkyl halides is 3. The number of pyridine rings is 1. The summed E-state index contributed by atoms with van der Waals surface area (Å²) in [6.45, 7) is 3.15. The largest absolute Gasteiger partial charge is 0.481 e. The van der Waals surface area contributed by atoms with Gasteiger partial charge in [-0.05, 0) is 49.7 Å². The number of benzene rings is 1. The van der Waals surface area contributed by atoms with Gasteiger partial charge in [0.05, 0.1) is 12.8 Å². The molecule has 0 fully saturated rings. The van der Waals surface area contributed by atoms with E-state index < -0.39 is 35.0 Å². The quantitative estimate of drug-likeness (QED) is 0.584. The van der Waals surface area contributed by atoms with Gasteiger partial charge >= 0.3 is 6.18 Å². The van der Waals surface area contributed by atoms with Gasteiger partial charge in [-0.25, -0.2) is 9.37 Å². The van der Waals surface area contributed by atoms with Gasteiger partial charge in [0.1, 0.15) is 17.1 Å². The van der Waals surface area contributed by atoms with E-state index in [9.17, 15) is 22.4 Å². The molecule has 3 aromatic rings. The third kappa shape index (κ3) is 4.87. The molecule has 31 heavy (non-hydrogen) atoms. The molecule has 11 heteroatoms. The van der Waals surface area contributed by atoms with Crippen molar-refractivity contribution < 1.29 is 31.8 Å². The van der Waals surface area contributed by atoms with Crippen molar-refractivity contribution in [2.75, 3.05) is 12.4 Å². The summed E-state index contributed by atoms with van der Waals surface area (Å²) in [6.07, 6.45) is -3.46. The minimum Gasteiger partial charge on any atom is -0.481 e. The second-order valence-electron chi connectivity index (χ2n) is 6.40. The Morgan fingerprint density at radius 1 is 1.06 bits per heavy atom. The van der Waals surface area contributed by atoms with Crippen LogP contribution in [0, 0.1) is 19.7 Å². The highest BCUT2D eigenvalue weighted by Gasteiger charge is 2.35. The fourth-order valence-electron chi connectivity index (χ4n) is 2.64. The predicted molar refractivity (Wildman–Crippen MR) is 102 cm³/mol. The predicted octanol–water partition coefficient (Wildman–Crippen LogP) is 4.70. The summed E-state index contributed by atoms with van der Waals surface area (Å²) in [5, 5.41) is 9.04. The molecule has 1 N–H and O–H groups in total. The van der Waals surface area contributed by atoms with Crippen molar-refractivity contribution in [2.24, 2.45) is 0 Å². The second kappa shape index (κ2) is 8.54. The summed E-state index contributed by atoms with van der Waals surface area (Å²) >= 11 is 0. The van der Waals surface area contributed by atoms with E-state index in [0.717, 1.165) is 6.07 Å². The van der Waals surface area contributed by atoms with E-state index in [1.165, 1.54) is 38.4 Å². The fourth-order valence-corrected chi connectivity index (χ4v) is 2.64. The average molecular weight is 436 g/mol. The lowest BCUT2D eigenvalue weighted by molar-refractivity contribution is -0.141. The number of aryl methyl sites for hydroxylation is 1. The smallest absolute Gasteiger partial charge is 0.435 e. The van der Waals surface area contributed by atoms with E-state index in [1.54, 1.807) is 6.92 Å². The van der Waals surface area contributed by atoms with Crippen LogP contribution >= 0.6 is 0 Å². The first-order chi connectivity index (χ1) is 14.6. The molecule has 0 atom stereocenters. The molecule has 0 saturated carbocycles. The van der Waals surface area contributed by atoms with Crippen molar-refractivity contribution >= 4 is 11.6 Å². The molecule has 0 unspecified atom stereocenters. The Bertz CT molecular complexity index is 1140. The molecule has 0 aliphatic heterocycles. The van der Waals surface area contributed by atoms with Crippen LogP contribution < -0.4 is 14.8 Å². The number of anilines is 1. The molecule has 0 spiro atoms. The Labute approximate surface area is 174 Å². The van der Waals surface area contributed by atoms with Gasteiger partial charge < -0.3 is 14.8 Å².